The van der Waals surface area contributed by atoms with Crippen LogP contribution in [0.5, 0.6) is 0 Å². The summed E-state index contributed by atoms with van der Waals surface area (Å²) in [5.74, 6) is 0.201. The molecule has 2 aromatic rings. The van der Waals surface area contributed by atoms with Gasteiger partial charge in [-0.05, 0) is 75.6 Å². The first kappa shape index (κ1) is 27.1. The Kier molecular flexibility index (Phi) is 8.82. The number of hydrogen-bond acceptors (Lipinski definition) is 6. The summed E-state index contributed by atoms with van der Waals surface area (Å²) in [5, 5.41) is 13.4. The van der Waals surface area contributed by atoms with Crippen LogP contribution in [0.25, 0.3) is 0 Å². The molecule has 0 spiro atoms. The number of β-amino-alcohol motifs (C(OH)–C–C–N with tert-alkyl or cyclic N) is 1. The Morgan fingerprint density at radius 1 is 1.14 bits per heavy atom. The molecule has 8 nitrogen and oxygen atoms in total. The quantitative estimate of drug-likeness (QED) is 0.595. The van der Waals surface area contributed by atoms with E-state index >= 15 is 0 Å². The van der Waals surface area contributed by atoms with E-state index in [1.807, 2.05) is 26.8 Å². The third-order valence-corrected chi connectivity index (χ3v) is 7.02. The van der Waals surface area contributed by atoms with Crippen molar-refractivity contribution in [3.63, 3.8) is 0 Å². The van der Waals surface area contributed by atoms with Crippen LogP contribution in [0.4, 0.5) is 4.79 Å². The maximum absolute atomic E-state index is 12.8. The Morgan fingerprint density at radius 3 is 2.59 bits per heavy atom. The minimum atomic E-state index is -0.634. The highest BCUT2D eigenvalue weighted by Crippen LogP contribution is 2.23. The van der Waals surface area contributed by atoms with Crippen molar-refractivity contribution in [2.75, 3.05) is 32.7 Å². The van der Waals surface area contributed by atoms with Gasteiger partial charge in [-0.15, -0.1) is 0 Å². The number of aliphatic hydroxyl groups is 1. The summed E-state index contributed by atoms with van der Waals surface area (Å²) in [6.45, 7) is 9.43. The van der Waals surface area contributed by atoms with Crippen LogP contribution in [0.1, 0.15) is 60.8 Å². The molecule has 1 atom stereocenters. The van der Waals surface area contributed by atoms with Crippen LogP contribution in [0.3, 0.4) is 0 Å². The number of carbonyl (C=O) groups excluding carboxylic acids is 2. The predicted molar refractivity (Wildman–Crippen MR) is 142 cm³/mol. The second-order valence-electron chi connectivity index (χ2n) is 11.3. The zero-order chi connectivity index (χ0) is 26.4. The average Bonchev–Trinajstić information content (AvgIpc) is 2.87. The zero-order valence-corrected chi connectivity index (χ0v) is 22.3. The van der Waals surface area contributed by atoms with E-state index in [1.165, 1.54) is 11.1 Å². The van der Waals surface area contributed by atoms with Crippen molar-refractivity contribution in [2.45, 2.75) is 64.7 Å². The smallest absolute Gasteiger partial charge is 0.410 e. The molecule has 2 amide bonds. The summed E-state index contributed by atoms with van der Waals surface area (Å²) in [7, 11) is 0. The molecule has 2 N–H and O–H groups in total. The van der Waals surface area contributed by atoms with Gasteiger partial charge in [-0.3, -0.25) is 14.7 Å². The second kappa shape index (κ2) is 12.0. The highest BCUT2D eigenvalue weighted by molar-refractivity contribution is 5.94. The Bertz CT molecular complexity index is 1080. The van der Waals surface area contributed by atoms with Gasteiger partial charge in [0.2, 0.25) is 0 Å². The van der Waals surface area contributed by atoms with Crippen molar-refractivity contribution >= 4 is 12.0 Å². The fraction of sp³-hybridized carbons (Fsp3) is 0.552. The van der Waals surface area contributed by atoms with Crippen LogP contribution in [-0.4, -0.2) is 76.3 Å². The van der Waals surface area contributed by atoms with Gasteiger partial charge in [0.05, 0.1) is 6.10 Å². The van der Waals surface area contributed by atoms with Gasteiger partial charge in [-0.25, -0.2) is 4.79 Å². The lowest BCUT2D eigenvalue weighted by atomic mass is 9.92. The van der Waals surface area contributed by atoms with Gasteiger partial charge in [0.25, 0.3) is 5.91 Å². The molecule has 4 rings (SSSR count). The molecule has 1 fully saturated rings. The molecule has 3 heterocycles. The molecule has 2 aliphatic heterocycles. The molecule has 200 valence electrons. The van der Waals surface area contributed by atoms with Crippen molar-refractivity contribution < 1.29 is 19.4 Å². The van der Waals surface area contributed by atoms with E-state index < -0.39 is 11.7 Å². The Labute approximate surface area is 220 Å². The molecule has 0 aliphatic carbocycles. The molecular formula is C29H40N4O4. The molecule has 0 bridgehead atoms. The molecule has 1 aromatic heterocycles. The first-order chi connectivity index (χ1) is 17.7. The van der Waals surface area contributed by atoms with Gasteiger partial charge in [-0.2, -0.15) is 0 Å². The maximum Gasteiger partial charge on any atom is 0.410 e. The second-order valence-corrected chi connectivity index (χ2v) is 11.3. The first-order valence-electron chi connectivity index (χ1n) is 13.3. The van der Waals surface area contributed by atoms with E-state index in [4.69, 9.17) is 4.74 Å². The lowest BCUT2D eigenvalue weighted by molar-refractivity contribution is 0.0184. The maximum atomic E-state index is 12.8. The Balaban J connectivity index is 1.21. The number of benzene rings is 1. The van der Waals surface area contributed by atoms with Gasteiger partial charge >= 0.3 is 6.09 Å². The van der Waals surface area contributed by atoms with Crippen LogP contribution in [-0.2, 0) is 24.1 Å². The number of ether oxygens (including phenoxy) is 1. The van der Waals surface area contributed by atoms with Crippen molar-refractivity contribution in [3.8, 4) is 0 Å². The summed E-state index contributed by atoms with van der Waals surface area (Å²) in [4.78, 5) is 33.5. The average molecular weight is 509 g/mol. The number of pyridine rings is 1. The molecule has 0 radical (unpaired) electrons. The van der Waals surface area contributed by atoms with Crippen LogP contribution >= 0.6 is 0 Å². The van der Waals surface area contributed by atoms with Crippen LogP contribution in [0.2, 0.25) is 0 Å². The molecule has 1 aromatic carbocycles. The van der Waals surface area contributed by atoms with E-state index in [-0.39, 0.29) is 18.5 Å². The number of nitrogens with one attached hydrogen (secondary N) is 1. The van der Waals surface area contributed by atoms with E-state index in [0.29, 0.717) is 31.1 Å². The minimum Gasteiger partial charge on any atom is -0.444 e. The summed E-state index contributed by atoms with van der Waals surface area (Å²) in [5.41, 5.74) is 3.62. The molecule has 2 aliphatic rings. The number of likely N-dealkylation sites (tertiary alicyclic amines) is 1. The summed E-state index contributed by atoms with van der Waals surface area (Å²) in [6.07, 6.45) is 4.29. The zero-order valence-electron chi connectivity index (χ0n) is 22.3. The number of aliphatic hydroxyl groups excluding tert-OH is 1. The highest BCUT2D eigenvalue weighted by Gasteiger charge is 2.27. The molecule has 37 heavy (non-hydrogen) atoms. The Morgan fingerprint density at radius 2 is 1.86 bits per heavy atom. The summed E-state index contributed by atoms with van der Waals surface area (Å²) >= 11 is 0. The van der Waals surface area contributed by atoms with E-state index in [0.717, 1.165) is 44.5 Å². The van der Waals surface area contributed by atoms with Crippen LogP contribution < -0.4 is 5.32 Å². The number of carbonyl (C=O) groups is 2. The topological polar surface area (TPSA) is 95.0 Å². The minimum absolute atomic E-state index is 0.202. The number of nitrogens with zero attached hydrogens (tertiary/aromatic N) is 3. The van der Waals surface area contributed by atoms with Gasteiger partial charge < -0.3 is 20.1 Å². The monoisotopic (exact) mass is 508 g/mol. The highest BCUT2D eigenvalue weighted by atomic mass is 16.6. The summed E-state index contributed by atoms with van der Waals surface area (Å²) < 4.78 is 5.48. The molecule has 0 unspecified atom stereocenters. The summed E-state index contributed by atoms with van der Waals surface area (Å²) in [6, 6.07) is 12.0. The van der Waals surface area contributed by atoms with Crippen molar-refractivity contribution in [1.29, 1.82) is 0 Å². The SMILES string of the molecule is CC(C)(C)OC(=O)N1CCC(Cc2cc(C(=O)NC[C@H](O)CN3CCc4ccccc4C3)ccn2)CC1. The largest absolute Gasteiger partial charge is 0.444 e. The normalized spacial score (nSPS) is 17.7. The van der Waals surface area contributed by atoms with Gasteiger partial charge in [0, 0.05) is 56.7 Å². The number of aromatic nitrogens is 1. The van der Waals surface area contributed by atoms with Crippen LogP contribution in [0.15, 0.2) is 42.6 Å². The number of fused-ring (bicyclic) bond motifs is 1. The van der Waals surface area contributed by atoms with Crippen LogP contribution in [0, 0.1) is 5.92 Å². The fourth-order valence-corrected chi connectivity index (χ4v) is 5.06. The van der Waals surface area contributed by atoms with Crippen molar-refractivity contribution in [3.05, 3.63) is 65.0 Å². The number of hydrogen-bond donors (Lipinski definition) is 2. The number of rotatable bonds is 7. The van der Waals surface area contributed by atoms with E-state index in [1.54, 1.807) is 17.2 Å². The lowest BCUT2D eigenvalue weighted by Gasteiger charge is -2.33. The number of amides is 2. The standard InChI is InChI=1S/C29H40N4O4/c1-29(2,3)37-28(36)33-14-9-21(10-15-33)16-25-17-23(8-12-30-25)27(35)31-18-26(34)20-32-13-11-22-6-4-5-7-24(22)19-32/h4-8,12,17,21,26,34H,9-11,13-16,18-20H2,1-3H3,(H,31,35)/t26-/m0/s1. The van der Waals surface area contributed by atoms with Crippen molar-refractivity contribution in [2.24, 2.45) is 5.92 Å². The molecule has 8 heteroatoms. The van der Waals surface area contributed by atoms with E-state index in [2.05, 4.69) is 39.5 Å². The van der Waals surface area contributed by atoms with E-state index in [9.17, 15) is 14.7 Å². The molecular weight excluding hydrogens is 468 g/mol. The Hall–Kier alpha value is -2.97. The number of piperidine rings is 1. The first-order valence-corrected chi connectivity index (χ1v) is 13.3. The lowest BCUT2D eigenvalue weighted by Crippen LogP contribution is -2.42. The fourth-order valence-electron chi connectivity index (χ4n) is 5.06. The molecule has 1 saturated heterocycles. The van der Waals surface area contributed by atoms with Gasteiger partial charge in [-0.1, -0.05) is 24.3 Å². The van der Waals surface area contributed by atoms with Gasteiger partial charge in [0.1, 0.15) is 5.60 Å². The predicted octanol–water partition coefficient (Wildman–Crippen LogP) is 3.42. The van der Waals surface area contributed by atoms with Gasteiger partial charge in [0.15, 0.2) is 0 Å². The third kappa shape index (κ3) is 8.01. The third-order valence-electron chi connectivity index (χ3n) is 7.02. The molecule has 0 saturated carbocycles. The van der Waals surface area contributed by atoms with Crippen molar-refractivity contribution in [1.82, 2.24) is 20.1 Å².